The second kappa shape index (κ2) is 4.27. The maximum Gasteiger partial charge on any atom is 2.00 e. The first-order valence-electron chi connectivity index (χ1n) is 1.52. The molecule has 5 heteroatoms. The average Bonchev–Trinajstić information content (AvgIpc) is 1.27. The van der Waals surface area contributed by atoms with Gasteiger partial charge in [-0.3, -0.25) is 0 Å². The van der Waals surface area contributed by atoms with Crippen molar-refractivity contribution in [2.75, 3.05) is 0 Å². The summed E-state index contributed by atoms with van der Waals surface area (Å²) in [7, 11) is 0. The molecule has 0 aromatic carbocycles. The zero-order valence-electron chi connectivity index (χ0n) is 4.05. The molecule has 0 rings (SSSR count). The molecule has 4 nitrogen and oxygen atoms in total. The SMILES string of the molecule is O=C([O-])CC(=O)[O-].[Be+2]. The first-order chi connectivity index (χ1) is 3.13. The van der Waals surface area contributed by atoms with Gasteiger partial charge in [0.25, 0.3) is 0 Å². The van der Waals surface area contributed by atoms with Gasteiger partial charge in [0.05, 0.1) is 0 Å². The van der Waals surface area contributed by atoms with E-state index in [0.717, 1.165) is 0 Å². The number of rotatable bonds is 2. The fraction of sp³-hybridized carbons (Fsp3) is 0.333. The van der Waals surface area contributed by atoms with Crippen LogP contribution >= 0.6 is 0 Å². The van der Waals surface area contributed by atoms with Crippen molar-refractivity contribution in [2.45, 2.75) is 6.42 Å². The van der Waals surface area contributed by atoms with E-state index in [1.54, 1.807) is 0 Å². The molecule has 0 aromatic rings. The van der Waals surface area contributed by atoms with E-state index in [2.05, 4.69) is 0 Å². The van der Waals surface area contributed by atoms with E-state index < -0.39 is 18.4 Å². The predicted octanol–water partition coefficient (Wildman–Crippen LogP) is -3.50. The summed E-state index contributed by atoms with van der Waals surface area (Å²) in [5.41, 5.74) is 0. The van der Waals surface area contributed by atoms with Gasteiger partial charge in [0.2, 0.25) is 0 Å². The van der Waals surface area contributed by atoms with E-state index in [0.29, 0.717) is 0 Å². The van der Waals surface area contributed by atoms with Crippen molar-refractivity contribution in [1.29, 1.82) is 0 Å². The fourth-order valence-corrected chi connectivity index (χ4v) is 0.118. The Morgan fingerprint density at radius 2 is 1.38 bits per heavy atom. The molecule has 0 aromatic heterocycles. The molecule has 40 valence electrons. The summed E-state index contributed by atoms with van der Waals surface area (Å²) in [5.74, 6) is -3.25. The average molecular weight is 111 g/mol. The summed E-state index contributed by atoms with van der Waals surface area (Å²) in [4.78, 5) is 18.6. The summed E-state index contributed by atoms with van der Waals surface area (Å²) in [6, 6.07) is 0. The Bertz CT molecular complexity index is 87.5. The first kappa shape index (κ1) is 10.2. The number of carbonyl (C=O) groups excluding carboxylic acids is 2. The van der Waals surface area contributed by atoms with E-state index >= 15 is 0 Å². The number of aliphatic carboxylic acids is 2. The van der Waals surface area contributed by atoms with Crippen LogP contribution in [0, 0.1) is 0 Å². The third-order valence-corrected chi connectivity index (χ3v) is 0.289. The Kier molecular flexibility index (Phi) is 5.43. The molecule has 0 fully saturated rings. The molecule has 0 unspecified atom stereocenters. The molecule has 0 atom stereocenters. The molecular weight excluding hydrogens is 109 g/mol. The maximum absolute atomic E-state index is 9.28. The molecule has 0 saturated carbocycles. The molecule has 0 aliphatic carbocycles. The number of carboxylic acid groups (broad SMARTS) is 2. The molecule has 0 amide bonds. The maximum atomic E-state index is 9.28. The van der Waals surface area contributed by atoms with Crippen molar-refractivity contribution < 1.29 is 19.8 Å². The Hall–Kier alpha value is -0.891. The van der Waals surface area contributed by atoms with Crippen LogP contribution in [0.15, 0.2) is 0 Å². The summed E-state index contributed by atoms with van der Waals surface area (Å²) < 4.78 is 0. The van der Waals surface area contributed by atoms with Gasteiger partial charge in [0.1, 0.15) is 0 Å². The zero-order chi connectivity index (χ0) is 5.86. The van der Waals surface area contributed by atoms with Gasteiger partial charge in [-0.05, 0) is 0 Å². The van der Waals surface area contributed by atoms with E-state index in [1.165, 1.54) is 0 Å². The van der Waals surface area contributed by atoms with Crippen LogP contribution in [-0.2, 0) is 9.59 Å². The van der Waals surface area contributed by atoms with Crippen LogP contribution in [0.5, 0.6) is 0 Å². The van der Waals surface area contributed by atoms with Crippen LogP contribution in [0.25, 0.3) is 0 Å². The monoisotopic (exact) mass is 111 g/mol. The topological polar surface area (TPSA) is 80.3 Å². The predicted molar refractivity (Wildman–Crippen MR) is 20.4 cm³/mol. The van der Waals surface area contributed by atoms with E-state index in [9.17, 15) is 19.8 Å². The fourth-order valence-electron chi connectivity index (χ4n) is 0.118. The molecule has 0 saturated heterocycles. The number of carbonyl (C=O) groups is 2. The number of hydrogen-bond donors (Lipinski definition) is 0. The molecule has 8 heavy (non-hydrogen) atoms. The molecule has 0 bridgehead atoms. The zero-order valence-corrected chi connectivity index (χ0v) is 4.05. The number of hydrogen-bond acceptors (Lipinski definition) is 4. The Morgan fingerprint density at radius 3 is 1.38 bits per heavy atom. The minimum Gasteiger partial charge on any atom is -0.550 e. The minimum atomic E-state index is -1.63. The van der Waals surface area contributed by atoms with Crippen molar-refractivity contribution in [1.82, 2.24) is 0 Å². The summed E-state index contributed by atoms with van der Waals surface area (Å²) in [5, 5.41) is 18.6. The molecule has 0 radical (unpaired) electrons. The smallest absolute Gasteiger partial charge is 0.550 e. The van der Waals surface area contributed by atoms with E-state index in [-0.39, 0.29) is 10.1 Å². The Labute approximate surface area is 49.3 Å². The van der Waals surface area contributed by atoms with Crippen LogP contribution in [0.3, 0.4) is 0 Å². The van der Waals surface area contributed by atoms with Crippen molar-refractivity contribution in [3.63, 3.8) is 0 Å². The Morgan fingerprint density at radius 1 is 1.12 bits per heavy atom. The van der Waals surface area contributed by atoms with E-state index in [4.69, 9.17) is 0 Å². The van der Waals surface area contributed by atoms with Gasteiger partial charge < -0.3 is 19.8 Å². The van der Waals surface area contributed by atoms with Crippen molar-refractivity contribution in [3.8, 4) is 0 Å². The standard InChI is InChI=1S/C3H4O4.Be/c4-2(5)1-3(6)7;/h1H2,(H,4,5)(H,6,7);/q;+2/p-2. The number of carboxylic acids is 2. The third kappa shape index (κ3) is 8.92. The van der Waals surface area contributed by atoms with Gasteiger partial charge in [-0.25, -0.2) is 0 Å². The first-order valence-corrected chi connectivity index (χ1v) is 1.52. The second-order valence-corrected chi connectivity index (χ2v) is 0.921. The quantitative estimate of drug-likeness (QED) is 0.273. The molecule has 0 aliphatic rings. The normalized spacial score (nSPS) is 7.00. The molecular formula is C3H2BeO4. The molecule has 0 N–H and O–H groups in total. The van der Waals surface area contributed by atoms with Crippen LogP contribution in [0.4, 0.5) is 0 Å². The van der Waals surface area contributed by atoms with E-state index in [1.807, 2.05) is 0 Å². The van der Waals surface area contributed by atoms with Crippen LogP contribution in [-0.4, -0.2) is 22.1 Å². The van der Waals surface area contributed by atoms with Crippen LogP contribution < -0.4 is 10.2 Å². The minimum absolute atomic E-state index is 0. The molecule has 0 spiro atoms. The summed E-state index contributed by atoms with van der Waals surface area (Å²) in [6.07, 6.45) is -1.03. The summed E-state index contributed by atoms with van der Waals surface area (Å²) >= 11 is 0. The third-order valence-electron chi connectivity index (χ3n) is 0.289. The van der Waals surface area contributed by atoms with Crippen LogP contribution in [0.1, 0.15) is 6.42 Å². The van der Waals surface area contributed by atoms with Gasteiger partial charge in [-0.1, -0.05) is 0 Å². The molecule has 0 aliphatic heterocycles. The largest absolute Gasteiger partial charge is 2.00 e. The summed E-state index contributed by atoms with van der Waals surface area (Å²) in [6.45, 7) is 0. The molecule has 0 heterocycles. The van der Waals surface area contributed by atoms with Crippen molar-refractivity contribution in [3.05, 3.63) is 0 Å². The van der Waals surface area contributed by atoms with Gasteiger partial charge in [-0.2, -0.15) is 0 Å². The Balaban J connectivity index is 0. The van der Waals surface area contributed by atoms with Gasteiger partial charge in [-0.15, -0.1) is 0 Å². The van der Waals surface area contributed by atoms with Crippen molar-refractivity contribution in [2.24, 2.45) is 0 Å². The van der Waals surface area contributed by atoms with Gasteiger partial charge in [0, 0.05) is 18.4 Å². The van der Waals surface area contributed by atoms with Crippen LogP contribution in [0.2, 0.25) is 0 Å². The van der Waals surface area contributed by atoms with Gasteiger partial charge >= 0.3 is 10.1 Å². The van der Waals surface area contributed by atoms with Crippen molar-refractivity contribution >= 4 is 22.1 Å². The second-order valence-electron chi connectivity index (χ2n) is 0.921. The van der Waals surface area contributed by atoms with Gasteiger partial charge in [0.15, 0.2) is 0 Å².